The predicted octanol–water partition coefficient (Wildman–Crippen LogP) is 2.34. The van der Waals surface area contributed by atoms with E-state index in [1.165, 1.54) is 0 Å². The zero-order chi connectivity index (χ0) is 15.0. The van der Waals surface area contributed by atoms with Crippen molar-refractivity contribution in [2.75, 3.05) is 7.05 Å². The van der Waals surface area contributed by atoms with Crippen LogP contribution in [0.3, 0.4) is 0 Å². The molecule has 1 rings (SSSR count). The molecule has 0 bridgehead atoms. The van der Waals surface area contributed by atoms with Crippen LogP contribution < -0.4 is 5.32 Å². The Hall–Kier alpha value is -1.84. The highest BCUT2D eigenvalue weighted by atomic mass is 16.2. The topological polar surface area (TPSA) is 49.4 Å². The average Bonchev–Trinajstić information content (AvgIpc) is 2.48. The van der Waals surface area contributed by atoms with Gasteiger partial charge >= 0.3 is 0 Å². The lowest BCUT2D eigenvalue weighted by molar-refractivity contribution is -0.141. The number of nitrogens with one attached hydrogen (secondary N) is 1. The fourth-order valence-corrected chi connectivity index (χ4v) is 2.22. The van der Waals surface area contributed by atoms with Crippen molar-refractivity contribution >= 4 is 11.8 Å². The average molecular weight is 276 g/mol. The van der Waals surface area contributed by atoms with E-state index in [1.54, 1.807) is 11.9 Å². The van der Waals surface area contributed by atoms with Crippen molar-refractivity contribution in [1.29, 1.82) is 0 Å². The van der Waals surface area contributed by atoms with Crippen molar-refractivity contribution in [2.45, 2.75) is 45.7 Å². The molecule has 0 radical (unpaired) electrons. The van der Waals surface area contributed by atoms with Crippen LogP contribution in [0.1, 0.15) is 38.7 Å². The van der Waals surface area contributed by atoms with Gasteiger partial charge < -0.3 is 10.2 Å². The molecule has 1 N–H and O–H groups in total. The molecule has 0 aliphatic heterocycles. The number of rotatable bonds is 7. The Morgan fingerprint density at radius 1 is 1.20 bits per heavy atom. The molecule has 0 aliphatic carbocycles. The number of likely N-dealkylation sites (N-methyl/N-ethyl adjacent to an activating group) is 1. The second-order valence-corrected chi connectivity index (χ2v) is 4.80. The van der Waals surface area contributed by atoms with Gasteiger partial charge in [0.2, 0.25) is 11.8 Å². The molecule has 1 atom stereocenters. The van der Waals surface area contributed by atoms with Crippen LogP contribution in [0.4, 0.5) is 0 Å². The molecule has 2 amide bonds. The molecular formula is C16H24N2O2. The summed E-state index contributed by atoms with van der Waals surface area (Å²) >= 11 is 0. The third-order valence-electron chi connectivity index (χ3n) is 3.29. The molecule has 1 aromatic rings. The smallest absolute Gasteiger partial charge is 0.242 e. The lowest BCUT2D eigenvalue weighted by atomic mass is 10.1. The first kappa shape index (κ1) is 16.2. The van der Waals surface area contributed by atoms with Crippen LogP contribution >= 0.6 is 0 Å². The number of benzene rings is 1. The van der Waals surface area contributed by atoms with Crippen molar-refractivity contribution in [3.05, 3.63) is 35.9 Å². The summed E-state index contributed by atoms with van der Waals surface area (Å²) in [5.74, 6) is -0.0697. The largest absolute Gasteiger partial charge is 0.357 e. The summed E-state index contributed by atoms with van der Waals surface area (Å²) in [7, 11) is 1.61. The highest BCUT2D eigenvalue weighted by Gasteiger charge is 2.27. The van der Waals surface area contributed by atoms with Gasteiger partial charge in [-0.1, -0.05) is 44.2 Å². The van der Waals surface area contributed by atoms with Crippen LogP contribution in [0.5, 0.6) is 0 Å². The van der Waals surface area contributed by atoms with Gasteiger partial charge in [-0.05, 0) is 18.4 Å². The Bertz CT molecular complexity index is 431. The van der Waals surface area contributed by atoms with E-state index in [4.69, 9.17) is 0 Å². The molecule has 0 spiro atoms. The van der Waals surface area contributed by atoms with E-state index in [2.05, 4.69) is 5.32 Å². The third kappa shape index (κ3) is 4.37. The maximum Gasteiger partial charge on any atom is 0.242 e. The number of amides is 2. The second kappa shape index (κ2) is 8.35. The maximum atomic E-state index is 12.3. The standard InChI is InChI=1S/C16H24N2O2/c1-4-9-15(19)18(14(5-2)16(20)17-3)12-13-10-7-6-8-11-13/h6-8,10-11,14H,4-5,9,12H2,1-3H3,(H,17,20)/t14-/m1/s1. The Labute approximate surface area is 121 Å². The lowest BCUT2D eigenvalue weighted by Gasteiger charge is -2.30. The van der Waals surface area contributed by atoms with Gasteiger partial charge in [-0.15, -0.1) is 0 Å². The maximum absolute atomic E-state index is 12.3. The first-order chi connectivity index (χ1) is 9.63. The summed E-state index contributed by atoms with van der Waals surface area (Å²) in [5, 5.41) is 2.65. The molecule has 1 aromatic carbocycles. The van der Waals surface area contributed by atoms with E-state index < -0.39 is 6.04 Å². The van der Waals surface area contributed by atoms with Gasteiger partial charge in [-0.25, -0.2) is 0 Å². The quantitative estimate of drug-likeness (QED) is 0.831. The number of hydrogen-bond donors (Lipinski definition) is 1. The van der Waals surface area contributed by atoms with E-state index in [0.717, 1.165) is 12.0 Å². The van der Waals surface area contributed by atoms with Crippen LogP contribution in [0.15, 0.2) is 30.3 Å². The van der Waals surface area contributed by atoms with Gasteiger partial charge in [-0.3, -0.25) is 9.59 Å². The second-order valence-electron chi connectivity index (χ2n) is 4.80. The summed E-state index contributed by atoms with van der Waals surface area (Å²) in [5.41, 5.74) is 1.04. The van der Waals surface area contributed by atoms with Crippen molar-refractivity contribution in [1.82, 2.24) is 10.2 Å². The molecule has 0 unspecified atom stereocenters. The Balaban J connectivity index is 2.94. The minimum absolute atomic E-state index is 0.0341. The van der Waals surface area contributed by atoms with Crippen molar-refractivity contribution < 1.29 is 9.59 Å². The van der Waals surface area contributed by atoms with Gasteiger partial charge in [0.15, 0.2) is 0 Å². The third-order valence-corrected chi connectivity index (χ3v) is 3.29. The minimum atomic E-state index is -0.403. The number of carbonyl (C=O) groups is 2. The zero-order valence-corrected chi connectivity index (χ0v) is 12.6. The van der Waals surface area contributed by atoms with Crippen molar-refractivity contribution in [2.24, 2.45) is 0 Å². The van der Waals surface area contributed by atoms with E-state index in [1.807, 2.05) is 44.2 Å². The SMILES string of the molecule is CCCC(=O)N(Cc1ccccc1)[C@H](CC)C(=O)NC. The molecule has 4 heteroatoms. The Morgan fingerprint density at radius 2 is 1.85 bits per heavy atom. The highest BCUT2D eigenvalue weighted by molar-refractivity contribution is 5.87. The van der Waals surface area contributed by atoms with Gasteiger partial charge in [0, 0.05) is 20.0 Å². The van der Waals surface area contributed by atoms with Crippen LogP contribution in [0.25, 0.3) is 0 Å². The molecule has 0 fully saturated rings. The summed E-state index contributed by atoms with van der Waals surface area (Å²) in [6, 6.07) is 9.37. The molecule has 0 aromatic heterocycles. The van der Waals surface area contributed by atoms with Gasteiger partial charge in [0.05, 0.1) is 0 Å². The van der Waals surface area contributed by atoms with Crippen molar-refractivity contribution in [3.63, 3.8) is 0 Å². The first-order valence-corrected chi connectivity index (χ1v) is 7.19. The number of hydrogen-bond acceptors (Lipinski definition) is 2. The molecule has 0 saturated carbocycles. The molecule has 20 heavy (non-hydrogen) atoms. The van der Waals surface area contributed by atoms with Crippen LogP contribution in [0.2, 0.25) is 0 Å². The normalized spacial score (nSPS) is 11.8. The van der Waals surface area contributed by atoms with E-state index in [9.17, 15) is 9.59 Å². The van der Waals surface area contributed by atoms with Crippen LogP contribution in [-0.2, 0) is 16.1 Å². The first-order valence-electron chi connectivity index (χ1n) is 7.19. The van der Waals surface area contributed by atoms with Crippen LogP contribution in [0, 0.1) is 0 Å². The minimum Gasteiger partial charge on any atom is -0.357 e. The van der Waals surface area contributed by atoms with E-state index >= 15 is 0 Å². The van der Waals surface area contributed by atoms with Crippen LogP contribution in [-0.4, -0.2) is 29.8 Å². The molecule has 0 aliphatic rings. The summed E-state index contributed by atoms with van der Waals surface area (Å²) in [6.07, 6.45) is 1.87. The van der Waals surface area contributed by atoms with Gasteiger partial charge in [0.1, 0.15) is 6.04 Å². The van der Waals surface area contributed by atoms with Gasteiger partial charge in [0.25, 0.3) is 0 Å². The Morgan fingerprint density at radius 3 is 2.35 bits per heavy atom. The molecule has 4 nitrogen and oxygen atoms in total. The summed E-state index contributed by atoms with van der Waals surface area (Å²) < 4.78 is 0. The lowest BCUT2D eigenvalue weighted by Crippen LogP contribution is -2.48. The number of carbonyl (C=O) groups excluding carboxylic acids is 2. The fraction of sp³-hybridized carbons (Fsp3) is 0.500. The molecule has 110 valence electrons. The predicted molar refractivity (Wildman–Crippen MR) is 80.0 cm³/mol. The summed E-state index contributed by atoms with van der Waals surface area (Å²) in [6.45, 7) is 4.38. The Kier molecular flexibility index (Phi) is 6.77. The molecular weight excluding hydrogens is 252 g/mol. The van der Waals surface area contributed by atoms with E-state index in [-0.39, 0.29) is 11.8 Å². The molecule has 0 heterocycles. The van der Waals surface area contributed by atoms with Gasteiger partial charge in [-0.2, -0.15) is 0 Å². The summed E-state index contributed by atoms with van der Waals surface area (Å²) in [4.78, 5) is 26.0. The van der Waals surface area contributed by atoms with Crippen molar-refractivity contribution in [3.8, 4) is 0 Å². The zero-order valence-electron chi connectivity index (χ0n) is 12.6. The monoisotopic (exact) mass is 276 g/mol. The molecule has 0 saturated heterocycles. The number of nitrogens with zero attached hydrogens (tertiary/aromatic N) is 1. The highest BCUT2D eigenvalue weighted by Crippen LogP contribution is 2.13. The fourth-order valence-electron chi connectivity index (χ4n) is 2.22. The van der Waals surface area contributed by atoms with E-state index in [0.29, 0.717) is 19.4 Å².